The minimum Gasteiger partial charge on any atom is -0.340 e. The van der Waals surface area contributed by atoms with Gasteiger partial charge in [-0.25, -0.2) is 4.98 Å². The molecular weight excluding hydrogens is 325 g/mol. The molecule has 23 heavy (non-hydrogen) atoms. The van der Waals surface area contributed by atoms with Gasteiger partial charge in [0.2, 0.25) is 0 Å². The molecule has 2 aromatic rings. The molecule has 2 rings (SSSR count). The van der Waals surface area contributed by atoms with E-state index in [1.54, 1.807) is 13.8 Å². The number of carbonyl (C=O) groups is 1. The highest BCUT2D eigenvalue weighted by molar-refractivity contribution is 7.13. The van der Waals surface area contributed by atoms with Crippen LogP contribution in [0.4, 0.5) is 13.2 Å². The van der Waals surface area contributed by atoms with Crippen LogP contribution in [0, 0.1) is 25.7 Å². The molecule has 0 saturated carbocycles. The topological polar surface area (TPSA) is 42.0 Å². The molecule has 0 aliphatic rings. The van der Waals surface area contributed by atoms with Crippen molar-refractivity contribution in [3.8, 4) is 11.8 Å². The summed E-state index contributed by atoms with van der Waals surface area (Å²) < 4.78 is 38.4. The molecule has 7 heteroatoms. The van der Waals surface area contributed by atoms with Crippen LogP contribution in [0.15, 0.2) is 24.3 Å². The summed E-state index contributed by atoms with van der Waals surface area (Å²) in [5.74, 6) is 4.67. The molecule has 0 atom stereocenters. The fraction of sp³-hybridized carbons (Fsp3) is 0.250. The number of aryl methyl sites for hydroxylation is 2. The van der Waals surface area contributed by atoms with Gasteiger partial charge in [-0.15, -0.1) is 11.3 Å². The fourth-order valence-electron chi connectivity index (χ4n) is 1.93. The molecule has 0 unspecified atom stereocenters. The van der Waals surface area contributed by atoms with Crippen molar-refractivity contribution in [1.29, 1.82) is 0 Å². The van der Waals surface area contributed by atoms with Crippen molar-refractivity contribution < 1.29 is 18.0 Å². The van der Waals surface area contributed by atoms with E-state index in [9.17, 15) is 18.0 Å². The van der Waals surface area contributed by atoms with Gasteiger partial charge < -0.3 is 5.32 Å². The van der Waals surface area contributed by atoms with Gasteiger partial charge in [-0.05, 0) is 26.0 Å². The van der Waals surface area contributed by atoms with Crippen molar-refractivity contribution >= 4 is 17.2 Å². The minimum absolute atomic E-state index is 0.0403. The first-order chi connectivity index (χ1) is 10.8. The number of thiazole rings is 1. The van der Waals surface area contributed by atoms with E-state index in [1.807, 2.05) is 0 Å². The highest BCUT2D eigenvalue weighted by atomic mass is 32.1. The van der Waals surface area contributed by atoms with Crippen molar-refractivity contribution in [1.82, 2.24) is 10.3 Å². The predicted molar refractivity (Wildman–Crippen MR) is 82.2 cm³/mol. The highest BCUT2D eigenvalue weighted by Gasteiger charge is 2.32. The number of alkyl halides is 3. The van der Waals surface area contributed by atoms with Crippen LogP contribution in [-0.4, -0.2) is 17.4 Å². The maximum Gasteiger partial charge on any atom is 0.417 e. The first-order valence-corrected chi connectivity index (χ1v) is 7.48. The Morgan fingerprint density at radius 3 is 2.61 bits per heavy atom. The second-order valence-corrected chi connectivity index (χ2v) is 5.88. The Morgan fingerprint density at radius 1 is 1.30 bits per heavy atom. The Labute approximate surface area is 135 Å². The lowest BCUT2D eigenvalue weighted by molar-refractivity contribution is -0.137. The Bertz CT molecular complexity index is 785. The number of nitrogens with zero attached hydrogens (tertiary/aromatic N) is 1. The van der Waals surface area contributed by atoms with Gasteiger partial charge in [-0.1, -0.05) is 24.0 Å². The standard InChI is InChI=1S/C16H13F3N2OS/c1-10-14(23-11(2)21-10)15(22)20-9-5-7-12-6-3-4-8-13(12)16(17,18)19/h3-4,6,8H,9H2,1-2H3,(H,20,22). The van der Waals surface area contributed by atoms with Gasteiger partial charge in [-0.2, -0.15) is 13.2 Å². The molecule has 0 bridgehead atoms. The van der Waals surface area contributed by atoms with Crippen molar-refractivity contribution in [2.24, 2.45) is 0 Å². The summed E-state index contributed by atoms with van der Waals surface area (Å²) in [4.78, 5) is 16.6. The zero-order valence-electron chi connectivity index (χ0n) is 12.4. The Balaban J connectivity index is 2.05. The van der Waals surface area contributed by atoms with Crippen molar-refractivity contribution in [2.45, 2.75) is 20.0 Å². The fourth-order valence-corrected chi connectivity index (χ4v) is 2.76. The van der Waals surface area contributed by atoms with Gasteiger partial charge in [0.1, 0.15) is 4.88 Å². The van der Waals surface area contributed by atoms with Crippen LogP contribution < -0.4 is 5.32 Å². The summed E-state index contributed by atoms with van der Waals surface area (Å²) in [5.41, 5.74) is -0.271. The molecule has 0 fully saturated rings. The predicted octanol–water partition coefficient (Wildman–Crippen LogP) is 3.56. The molecule has 3 nitrogen and oxygen atoms in total. The number of hydrogen-bond acceptors (Lipinski definition) is 3. The van der Waals surface area contributed by atoms with Crippen LogP contribution in [0.5, 0.6) is 0 Å². The van der Waals surface area contributed by atoms with Crippen molar-refractivity contribution in [2.75, 3.05) is 6.54 Å². The van der Waals surface area contributed by atoms with Crippen LogP contribution in [0.25, 0.3) is 0 Å². The largest absolute Gasteiger partial charge is 0.417 e. The van der Waals surface area contributed by atoms with Gasteiger partial charge in [0.05, 0.1) is 22.8 Å². The van der Waals surface area contributed by atoms with Crippen LogP contribution in [0.2, 0.25) is 0 Å². The number of halogens is 3. The summed E-state index contributed by atoms with van der Waals surface area (Å²) in [6.07, 6.45) is -4.45. The summed E-state index contributed by atoms with van der Waals surface area (Å²) in [6, 6.07) is 5.08. The molecule has 1 N–H and O–H groups in total. The molecule has 0 spiro atoms. The van der Waals surface area contributed by atoms with Crippen molar-refractivity contribution in [3.05, 3.63) is 51.0 Å². The first kappa shape index (κ1) is 17.0. The minimum atomic E-state index is -4.45. The number of amides is 1. The molecule has 120 valence electrons. The Morgan fingerprint density at radius 2 is 2.00 bits per heavy atom. The quantitative estimate of drug-likeness (QED) is 0.851. The maximum atomic E-state index is 12.8. The zero-order valence-corrected chi connectivity index (χ0v) is 13.2. The van der Waals surface area contributed by atoms with E-state index in [-0.39, 0.29) is 18.0 Å². The second kappa shape index (κ2) is 6.84. The van der Waals surface area contributed by atoms with E-state index in [0.717, 1.165) is 11.1 Å². The number of nitrogens with one attached hydrogen (secondary N) is 1. The lowest BCUT2D eigenvalue weighted by Crippen LogP contribution is -2.23. The number of carbonyl (C=O) groups excluding carboxylic acids is 1. The van der Waals surface area contributed by atoms with Gasteiger partial charge in [0.15, 0.2) is 0 Å². The monoisotopic (exact) mass is 338 g/mol. The molecule has 1 aromatic carbocycles. The molecule has 1 aromatic heterocycles. The number of hydrogen-bond donors (Lipinski definition) is 1. The third-order valence-corrected chi connectivity index (χ3v) is 3.97. The van der Waals surface area contributed by atoms with E-state index >= 15 is 0 Å². The zero-order chi connectivity index (χ0) is 17.0. The second-order valence-electron chi connectivity index (χ2n) is 4.68. The molecule has 1 heterocycles. The third kappa shape index (κ3) is 4.33. The third-order valence-electron chi connectivity index (χ3n) is 2.90. The first-order valence-electron chi connectivity index (χ1n) is 6.66. The van der Waals surface area contributed by atoms with Gasteiger partial charge in [0.25, 0.3) is 5.91 Å². The van der Waals surface area contributed by atoms with Gasteiger partial charge in [0, 0.05) is 5.56 Å². The summed E-state index contributed by atoms with van der Waals surface area (Å²) >= 11 is 1.26. The number of aromatic nitrogens is 1. The lowest BCUT2D eigenvalue weighted by atomic mass is 10.1. The van der Waals surface area contributed by atoms with Gasteiger partial charge in [-0.3, -0.25) is 4.79 Å². The van der Waals surface area contributed by atoms with E-state index in [2.05, 4.69) is 22.1 Å². The highest BCUT2D eigenvalue weighted by Crippen LogP contribution is 2.31. The van der Waals surface area contributed by atoms with Crippen LogP contribution in [-0.2, 0) is 6.18 Å². The molecule has 0 saturated heterocycles. The molecule has 1 amide bonds. The van der Waals surface area contributed by atoms with E-state index in [1.165, 1.54) is 29.5 Å². The maximum absolute atomic E-state index is 12.8. The van der Waals surface area contributed by atoms with Crippen molar-refractivity contribution in [3.63, 3.8) is 0 Å². The van der Waals surface area contributed by atoms with Crippen LogP contribution in [0.3, 0.4) is 0 Å². The average molecular weight is 338 g/mol. The summed E-state index contributed by atoms with van der Waals surface area (Å²) in [7, 11) is 0. The van der Waals surface area contributed by atoms with Crippen LogP contribution in [0.1, 0.15) is 31.5 Å². The van der Waals surface area contributed by atoms with Gasteiger partial charge >= 0.3 is 6.18 Å². The van der Waals surface area contributed by atoms with E-state index in [0.29, 0.717) is 10.6 Å². The Hall–Kier alpha value is -2.33. The summed E-state index contributed by atoms with van der Waals surface area (Å²) in [6.45, 7) is 3.48. The number of benzene rings is 1. The van der Waals surface area contributed by atoms with Crippen LogP contribution >= 0.6 is 11.3 Å². The lowest BCUT2D eigenvalue weighted by Gasteiger charge is -2.08. The summed E-state index contributed by atoms with van der Waals surface area (Å²) in [5, 5.41) is 3.33. The normalized spacial score (nSPS) is 10.8. The molecule has 0 aliphatic heterocycles. The molecule has 0 aliphatic carbocycles. The molecule has 0 radical (unpaired) electrons. The average Bonchev–Trinajstić information content (AvgIpc) is 2.81. The van der Waals surface area contributed by atoms with E-state index < -0.39 is 11.7 Å². The SMILES string of the molecule is Cc1nc(C)c(C(=O)NCC#Cc2ccccc2C(F)(F)F)s1. The van der Waals surface area contributed by atoms with E-state index in [4.69, 9.17) is 0 Å². The molecular formula is C16H13F3N2OS. The smallest absolute Gasteiger partial charge is 0.340 e. The Kier molecular flexibility index (Phi) is 5.06. The number of rotatable bonds is 2.